The molecule has 0 saturated heterocycles. The Hall–Kier alpha value is -13.5. The average Bonchev–Trinajstić information content (AvgIpc) is 0.689. The summed E-state index contributed by atoms with van der Waals surface area (Å²) in [4.78, 5) is 8.78. The lowest BCUT2D eigenvalue weighted by atomic mass is 9.30. The molecule has 17 aromatic carbocycles. The fourth-order valence-electron chi connectivity index (χ4n) is 20.9. The number of nitrogens with zero attached hydrogens (tertiary/aromatic N) is 2. The molecule has 0 N–H and O–H groups in total. The minimum atomic E-state index is -3.30. The summed E-state index contributed by atoms with van der Waals surface area (Å²) in [5, 5.41) is 9.99. The zero-order chi connectivity index (χ0) is 78.5. The molecule has 6 nitrogen and oxygen atoms in total. The Morgan fingerprint density at radius 1 is 0.212 bits per heavy atom. The monoisotopic (exact) mass is 1560 g/mol. The Morgan fingerprint density at radius 3 is 0.881 bits per heavy atom. The third-order valence-corrected chi connectivity index (χ3v) is 37.4. The number of hydrogen-bond acceptors (Lipinski definition) is 6. The summed E-state index contributed by atoms with van der Waals surface area (Å²) in [7, 11) is -7.05. The van der Waals surface area contributed by atoms with Crippen molar-refractivity contribution in [3.05, 3.63) is 411 Å². The Balaban J connectivity index is 0.822. The van der Waals surface area contributed by atoms with E-state index in [1.807, 2.05) is 0 Å². The van der Waals surface area contributed by atoms with Crippen LogP contribution in [0.4, 0.5) is 34.1 Å². The second kappa shape index (κ2) is 27.6. The van der Waals surface area contributed by atoms with E-state index >= 15 is 0 Å². The molecule has 12 heteroatoms. The second-order valence-electron chi connectivity index (χ2n) is 32.1. The number of anilines is 6. The van der Waals surface area contributed by atoms with Crippen LogP contribution in [0.3, 0.4) is 0 Å². The van der Waals surface area contributed by atoms with Crippen LogP contribution in [0, 0.1) is 27.7 Å². The summed E-state index contributed by atoms with van der Waals surface area (Å²) in [5.74, 6) is 6.52. The lowest BCUT2D eigenvalue weighted by Crippen LogP contribution is -2.75. The van der Waals surface area contributed by atoms with Crippen LogP contribution in [-0.2, 0) is 10.9 Å². The molecule has 0 saturated carbocycles. The molecular weight excluding hydrogens is 1490 g/mol. The molecule has 6 aliphatic heterocycles. The first-order chi connectivity index (χ1) is 58.2. The average molecular weight is 1560 g/mol. The van der Waals surface area contributed by atoms with Crippen molar-refractivity contribution in [2.75, 3.05) is 9.80 Å². The molecule has 0 unspecified atom stereocenters. The van der Waals surface area contributed by atoms with Crippen LogP contribution >= 0.6 is 0 Å². The van der Waals surface area contributed by atoms with Gasteiger partial charge in [-0.2, -0.15) is 0 Å². The zero-order valence-corrected chi connectivity index (χ0v) is 68.4. The molecule has 0 atom stereocenters. The highest BCUT2D eigenvalue weighted by atomic mass is 32.2. The highest BCUT2D eigenvalue weighted by molar-refractivity contribution is 7.97. The normalized spacial score (nSPS) is 13.3. The molecule has 0 aliphatic carbocycles. The predicted molar refractivity (Wildman–Crippen MR) is 497 cm³/mol. The van der Waals surface area contributed by atoms with E-state index in [1.54, 1.807) is 0 Å². The van der Waals surface area contributed by atoms with Crippen LogP contribution in [-0.4, -0.2) is 36.3 Å². The van der Waals surface area contributed by atoms with Gasteiger partial charge in [-0.1, -0.05) is 303 Å². The van der Waals surface area contributed by atoms with E-state index in [1.165, 1.54) is 51.6 Å². The summed E-state index contributed by atoms with van der Waals surface area (Å²) in [5.41, 5.74) is 21.1. The lowest BCUT2D eigenvalue weighted by Gasteiger charge is -2.44. The number of hydrogen-bond donors (Lipinski definition) is 0. The topological polar surface area (TPSA) is 43.4 Å². The molecular formula is C106H76B3N2O4SSi2+. The smallest absolute Gasteiger partial charge is 0.260 e. The van der Waals surface area contributed by atoms with Gasteiger partial charge in [0.15, 0.2) is 30.8 Å². The molecule has 556 valence electrons. The SMILES string of the molecule is Cc1cccc(C)c1N1c2cc3c(cc2B2c4ccccc4Oc4cc([S+](c5ccccc5)c5ccccc5)cc1c42)B1c2cc4c(cc2Oc2cc([Si](c5ccccc5)(c5ccccc5)c5ccccc5)cc(c21)O3)N(c1c(C)cccc1C)c1cc([Si](c2ccccc2)(c2ccccc2)c2ccccc2)cc2c1B4c1ccccc1O2. The summed E-state index contributed by atoms with van der Waals surface area (Å²) < 4.78 is 31.4. The van der Waals surface area contributed by atoms with Crippen LogP contribution in [0.15, 0.2) is 403 Å². The fourth-order valence-corrected chi connectivity index (χ4v) is 32.5. The Bertz CT molecular complexity index is 6640. The van der Waals surface area contributed by atoms with Crippen molar-refractivity contribution in [3.63, 3.8) is 0 Å². The number of fused-ring (bicyclic) bond motifs is 12. The molecule has 118 heavy (non-hydrogen) atoms. The Kier molecular flexibility index (Phi) is 16.4. The standard InChI is InChI=1S/C106H76B3N2O4SSi2/c1-69-35-33-36-70(2)105(69)110-90-67-96-88(65-86(90)107-84-55-29-31-57-94(84)112-98-60-75(59-92(110)102(98)107)116(73-39-13-5-14-40-73)74-41-15-6-16-42-74)109-89-66-87-91(68-97(89)115-101-64-83(63-100(114-96)104(101)109)118(79-49-23-10-24-50-79,80-51-25-11-26-52-80)81-53-27-12-28-54-81)111(106-71(3)37-34-38-72(106)4)93-61-82(62-99-103(93)108(87)85-56-30-32-58-95(85)113-99)117(76-43-17-7-18-44-76,77-45-19-8-20-46-77)78-47-21-9-22-48-78/h5-68H,1-4H3/q+1. The Labute approximate surface area is 694 Å². The van der Waals surface area contributed by atoms with Gasteiger partial charge in [0.2, 0.25) is 0 Å². The molecule has 0 amide bonds. The molecule has 0 radical (unpaired) electrons. The molecule has 6 aliphatic rings. The second-order valence-corrected chi connectivity index (χ2v) is 41.8. The van der Waals surface area contributed by atoms with Crippen molar-refractivity contribution in [1.29, 1.82) is 0 Å². The van der Waals surface area contributed by atoms with Gasteiger partial charge in [-0.15, -0.1) is 0 Å². The molecule has 0 aromatic heterocycles. The largest absolute Gasteiger partial charge is 0.458 e. The number of ether oxygens (including phenoxy) is 4. The summed E-state index contributed by atoms with van der Waals surface area (Å²) >= 11 is 0. The first-order valence-electron chi connectivity index (χ1n) is 40.9. The lowest BCUT2D eigenvalue weighted by molar-refractivity contribution is 0.465. The van der Waals surface area contributed by atoms with Crippen LogP contribution < -0.4 is 119 Å². The minimum absolute atomic E-state index is 0.252. The maximum absolute atomic E-state index is 8.15. The maximum Gasteiger partial charge on any atom is 0.260 e. The van der Waals surface area contributed by atoms with E-state index < -0.39 is 33.8 Å². The van der Waals surface area contributed by atoms with Gasteiger partial charge < -0.3 is 28.7 Å². The van der Waals surface area contributed by atoms with Gasteiger partial charge in [-0.05, 0) is 196 Å². The molecule has 23 rings (SSSR count). The fraction of sp³-hybridized carbons (Fsp3) is 0.0377. The third-order valence-electron chi connectivity index (χ3n) is 25.7. The van der Waals surface area contributed by atoms with Crippen molar-refractivity contribution in [2.45, 2.75) is 42.4 Å². The molecule has 0 fully saturated rings. The van der Waals surface area contributed by atoms with E-state index in [0.717, 1.165) is 156 Å². The van der Waals surface area contributed by atoms with E-state index in [9.17, 15) is 0 Å². The number of benzene rings is 17. The maximum atomic E-state index is 8.15. The molecule has 0 spiro atoms. The molecule has 6 heterocycles. The highest BCUT2D eigenvalue weighted by Gasteiger charge is 2.53. The first kappa shape index (κ1) is 70.0. The van der Waals surface area contributed by atoms with E-state index in [0.29, 0.717) is 0 Å². The van der Waals surface area contributed by atoms with Crippen LogP contribution in [0.5, 0.6) is 46.0 Å². The zero-order valence-electron chi connectivity index (χ0n) is 65.6. The number of aryl methyl sites for hydroxylation is 4. The van der Waals surface area contributed by atoms with E-state index in [4.69, 9.17) is 18.9 Å². The van der Waals surface area contributed by atoms with Gasteiger partial charge in [0, 0.05) is 46.8 Å². The quantitative estimate of drug-likeness (QED) is 0.0651. The molecule has 0 bridgehead atoms. The van der Waals surface area contributed by atoms with Gasteiger partial charge in [0.1, 0.15) is 46.0 Å². The van der Waals surface area contributed by atoms with Gasteiger partial charge in [-0.25, -0.2) is 0 Å². The van der Waals surface area contributed by atoms with Crippen LogP contribution in [0.25, 0.3) is 0 Å². The van der Waals surface area contributed by atoms with Crippen molar-refractivity contribution >= 4 is 172 Å². The molecule has 17 aromatic rings. The first-order valence-corrected chi connectivity index (χ1v) is 46.1. The Morgan fingerprint density at radius 2 is 0.508 bits per heavy atom. The summed E-state index contributed by atoms with van der Waals surface area (Å²) in [6.45, 7) is 8.13. The van der Waals surface area contributed by atoms with Crippen LogP contribution in [0.2, 0.25) is 0 Å². The third kappa shape index (κ3) is 10.5. The van der Waals surface area contributed by atoms with Gasteiger partial charge >= 0.3 is 0 Å². The minimum Gasteiger partial charge on any atom is -0.458 e. The van der Waals surface area contributed by atoms with Crippen molar-refractivity contribution in [1.82, 2.24) is 0 Å². The van der Waals surface area contributed by atoms with Crippen molar-refractivity contribution in [3.8, 4) is 46.0 Å². The predicted octanol–water partition coefficient (Wildman–Crippen LogP) is 14.3. The highest BCUT2D eigenvalue weighted by Crippen LogP contribution is 2.50. The van der Waals surface area contributed by atoms with Gasteiger partial charge in [0.05, 0.1) is 28.0 Å². The summed E-state index contributed by atoms with van der Waals surface area (Å²) in [6, 6.07) is 145. The summed E-state index contributed by atoms with van der Waals surface area (Å²) in [6.07, 6.45) is 0. The van der Waals surface area contributed by atoms with E-state index in [-0.39, 0.29) is 13.4 Å². The van der Waals surface area contributed by atoms with Gasteiger partial charge in [0.25, 0.3) is 20.1 Å². The van der Waals surface area contributed by atoms with Gasteiger partial charge in [-0.3, -0.25) is 0 Å². The number of para-hydroxylation sites is 4. The van der Waals surface area contributed by atoms with Crippen molar-refractivity contribution < 1.29 is 18.9 Å². The van der Waals surface area contributed by atoms with Crippen LogP contribution in [0.1, 0.15) is 22.3 Å². The van der Waals surface area contributed by atoms with E-state index in [2.05, 4.69) is 426 Å². The van der Waals surface area contributed by atoms with Crippen molar-refractivity contribution in [2.24, 2.45) is 0 Å². The number of rotatable bonds is 13.